The van der Waals surface area contributed by atoms with Gasteiger partial charge in [0.2, 0.25) is 5.88 Å². The maximum Gasteiger partial charge on any atom is 0.244 e. The lowest BCUT2D eigenvalue weighted by Crippen LogP contribution is -1.94. The quantitative estimate of drug-likeness (QED) is 0.791. The van der Waals surface area contributed by atoms with Crippen LogP contribution in [0.3, 0.4) is 0 Å². The molecular formula is C9H9ClN4O. The normalized spacial score (nSPS) is 10.3. The summed E-state index contributed by atoms with van der Waals surface area (Å²) in [5.41, 5.74) is 6.10. The predicted octanol–water partition coefficient (Wildman–Crippen LogP) is 1.84. The lowest BCUT2D eigenvalue weighted by Gasteiger charge is -2.04. The van der Waals surface area contributed by atoms with Gasteiger partial charge in [0.25, 0.3) is 0 Å². The first kappa shape index (κ1) is 9.79. The van der Waals surface area contributed by atoms with Gasteiger partial charge in [0, 0.05) is 7.05 Å². The van der Waals surface area contributed by atoms with Gasteiger partial charge in [-0.1, -0.05) is 11.6 Å². The zero-order valence-electron chi connectivity index (χ0n) is 8.01. The summed E-state index contributed by atoms with van der Waals surface area (Å²) in [5, 5.41) is 4.29. The summed E-state index contributed by atoms with van der Waals surface area (Å²) in [4.78, 5) is 3.96. The number of pyridine rings is 1. The fourth-order valence-electron chi connectivity index (χ4n) is 1.07. The Balaban J connectivity index is 2.27. The minimum absolute atomic E-state index is 0.288. The summed E-state index contributed by atoms with van der Waals surface area (Å²) in [5.74, 6) is 0.856. The number of nitrogen functional groups attached to an aromatic ring is 1. The minimum atomic E-state index is 0.288. The fourth-order valence-corrected chi connectivity index (χ4v) is 1.21. The Bertz CT molecular complexity index is 483. The molecule has 0 amide bonds. The standard InChI is InChI=1S/C9H9ClN4O/c1-14-5-6(4-12-14)15-9-7(11)2-3-8(10)13-9/h2-5H,11H2,1H3. The maximum absolute atomic E-state index is 5.72. The van der Waals surface area contributed by atoms with Crippen LogP contribution in [-0.4, -0.2) is 14.8 Å². The Hall–Kier alpha value is -1.75. The largest absolute Gasteiger partial charge is 0.434 e. The molecular weight excluding hydrogens is 216 g/mol. The van der Waals surface area contributed by atoms with E-state index in [-0.39, 0.29) is 5.88 Å². The van der Waals surface area contributed by atoms with Crippen molar-refractivity contribution in [2.75, 3.05) is 5.73 Å². The van der Waals surface area contributed by atoms with Crippen LogP contribution in [0.4, 0.5) is 5.69 Å². The number of nitrogens with two attached hydrogens (primary N) is 1. The number of anilines is 1. The average molecular weight is 225 g/mol. The molecule has 5 nitrogen and oxygen atoms in total. The first-order valence-corrected chi connectivity index (χ1v) is 4.61. The van der Waals surface area contributed by atoms with Crippen LogP contribution in [0, 0.1) is 0 Å². The monoisotopic (exact) mass is 224 g/mol. The number of nitrogens with zero attached hydrogens (tertiary/aromatic N) is 3. The van der Waals surface area contributed by atoms with Gasteiger partial charge in [0.05, 0.1) is 18.1 Å². The number of halogens is 1. The third-order valence-corrected chi connectivity index (χ3v) is 1.96. The second-order valence-corrected chi connectivity index (χ2v) is 3.37. The molecule has 0 aliphatic heterocycles. The van der Waals surface area contributed by atoms with Crippen LogP contribution in [0.15, 0.2) is 24.5 Å². The van der Waals surface area contributed by atoms with E-state index >= 15 is 0 Å². The molecule has 0 atom stereocenters. The zero-order valence-corrected chi connectivity index (χ0v) is 8.77. The highest BCUT2D eigenvalue weighted by Gasteiger charge is 2.05. The zero-order chi connectivity index (χ0) is 10.8. The molecule has 0 radical (unpaired) electrons. The molecule has 78 valence electrons. The molecule has 0 spiro atoms. The lowest BCUT2D eigenvalue weighted by atomic mass is 10.4. The summed E-state index contributed by atoms with van der Waals surface area (Å²) in [6, 6.07) is 3.24. The van der Waals surface area contributed by atoms with Crippen molar-refractivity contribution in [3.05, 3.63) is 29.7 Å². The van der Waals surface area contributed by atoms with Crippen molar-refractivity contribution in [2.45, 2.75) is 0 Å². The van der Waals surface area contributed by atoms with Gasteiger partial charge < -0.3 is 10.5 Å². The van der Waals surface area contributed by atoms with E-state index in [0.29, 0.717) is 16.6 Å². The molecule has 2 aromatic heterocycles. The molecule has 0 bridgehead atoms. The number of hydrogen-bond donors (Lipinski definition) is 1. The highest BCUT2D eigenvalue weighted by molar-refractivity contribution is 6.29. The molecule has 6 heteroatoms. The van der Waals surface area contributed by atoms with Gasteiger partial charge in [0.1, 0.15) is 5.15 Å². The lowest BCUT2D eigenvalue weighted by molar-refractivity contribution is 0.465. The molecule has 0 fully saturated rings. The van der Waals surface area contributed by atoms with E-state index in [0.717, 1.165) is 0 Å². The number of hydrogen-bond acceptors (Lipinski definition) is 4. The van der Waals surface area contributed by atoms with Gasteiger partial charge >= 0.3 is 0 Å². The summed E-state index contributed by atoms with van der Waals surface area (Å²) < 4.78 is 7.03. The van der Waals surface area contributed by atoms with Crippen LogP contribution < -0.4 is 10.5 Å². The molecule has 0 saturated heterocycles. The topological polar surface area (TPSA) is 66.0 Å². The molecule has 2 heterocycles. The number of aryl methyl sites for hydroxylation is 1. The van der Waals surface area contributed by atoms with Crippen LogP contribution >= 0.6 is 11.6 Å². The second kappa shape index (κ2) is 3.78. The van der Waals surface area contributed by atoms with E-state index in [4.69, 9.17) is 22.1 Å². The first-order chi connectivity index (χ1) is 7.15. The summed E-state index contributed by atoms with van der Waals surface area (Å²) in [7, 11) is 1.79. The van der Waals surface area contributed by atoms with Gasteiger partial charge in [0.15, 0.2) is 5.75 Å². The van der Waals surface area contributed by atoms with Gasteiger partial charge in [-0.3, -0.25) is 4.68 Å². The van der Waals surface area contributed by atoms with E-state index in [9.17, 15) is 0 Å². The molecule has 15 heavy (non-hydrogen) atoms. The number of ether oxygens (including phenoxy) is 1. The SMILES string of the molecule is Cn1cc(Oc2nc(Cl)ccc2N)cn1. The van der Waals surface area contributed by atoms with Crippen LogP contribution in [0.25, 0.3) is 0 Å². The van der Waals surface area contributed by atoms with E-state index in [1.165, 1.54) is 0 Å². The molecule has 0 aliphatic carbocycles. The highest BCUT2D eigenvalue weighted by Crippen LogP contribution is 2.25. The van der Waals surface area contributed by atoms with Crippen LogP contribution in [0.2, 0.25) is 5.15 Å². The first-order valence-electron chi connectivity index (χ1n) is 4.23. The van der Waals surface area contributed by atoms with Crippen molar-refractivity contribution in [3.8, 4) is 11.6 Å². The fraction of sp³-hybridized carbons (Fsp3) is 0.111. The van der Waals surface area contributed by atoms with Gasteiger partial charge in [-0.25, -0.2) is 0 Å². The third kappa shape index (κ3) is 2.19. The summed E-state index contributed by atoms with van der Waals surface area (Å²) in [6.07, 6.45) is 3.28. The van der Waals surface area contributed by atoms with Gasteiger partial charge in [-0.15, -0.1) is 0 Å². The summed E-state index contributed by atoms with van der Waals surface area (Å²) >= 11 is 5.72. The Kier molecular flexibility index (Phi) is 2.47. The van der Waals surface area contributed by atoms with Crippen molar-refractivity contribution >= 4 is 17.3 Å². The molecule has 0 aromatic carbocycles. The average Bonchev–Trinajstić information content (AvgIpc) is 2.58. The second-order valence-electron chi connectivity index (χ2n) is 2.98. The van der Waals surface area contributed by atoms with Crippen molar-refractivity contribution < 1.29 is 4.74 Å². The van der Waals surface area contributed by atoms with E-state index in [2.05, 4.69) is 10.1 Å². The number of aromatic nitrogens is 3. The molecule has 2 aromatic rings. The molecule has 0 saturated carbocycles. The molecule has 0 aliphatic rings. The minimum Gasteiger partial charge on any atom is -0.434 e. The van der Waals surface area contributed by atoms with Crippen molar-refractivity contribution in [1.29, 1.82) is 0 Å². The number of rotatable bonds is 2. The van der Waals surface area contributed by atoms with Crippen LogP contribution in [0.1, 0.15) is 0 Å². The molecule has 2 rings (SSSR count). The molecule has 0 unspecified atom stereocenters. The van der Waals surface area contributed by atoms with E-state index in [1.807, 2.05) is 0 Å². The highest BCUT2D eigenvalue weighted by atomic mass is 35.5. The van der Waals surface area contributed by atoms with E-state index in [1.54, 1.807) is 36.3 Å². The van der Waals surface area contributed by atoms with Crippen molar-refractivity contribution in [2.24, 2.45) is 7.05 Å². The van der Waals surface area contributed by atoms with Crippen molar-refractivity contribution in [3.63, 3.8) is 0 Å². The predicted molar refractivity (Wildman–Crippen MR) is 56.9 cm³/mol. The summed E-state index contributed by atoms with van der Waals surface area (Å²) in [6.45, 7) is 0. The smallest absolute Gasteiger partial charge is 0.244 e. The van der Waals surface area contributed by atoms with Gasteiger partial charge in [-0.2, -0.15) is 10.1 Å². The van der Waals surface area contributed by atoms with Crippen molar-refractivity contribution in [1.82, 2.24) is 14.8 Å². The Morgan fingerprint density at radius 1 is 1.47 bits per heavy atom. The van der Waals surface area contributed by atoms with E-state index < -0.39 is 0 Å². The van der Waals surface area contributed by atoms with Crippen LogP contribution in [0.5, 0.6) is 11.6 Å². The maximum atomic E-state index is 5.72. The third-order valence-electron chi connectivity index (χ3n) is 1.75. The molecule has 2 N–H and O–H groups in total. The van der Waals surface area contributed by atoms with Crippen LogP contribution in [-0.2, 0) is 7.05 Å². The Morgan fingerprint density at radius 2 is 2.27 bits per heavy atom. The van der Waals surface area contributed by atoms with Gasteiger partial charge in [-0.05, 0) is 12.1 Å². The Morgan fingerprint density at radius 3 is 2.93 bits per heavy atom. The Labute approximate surface area is 91.4 Å².